The molecule has 0 N–H and O–H groups in total. The van der Waals surface area contributed by atoms with Crippen molar-refractivity contribution in [3.05, 3.63) is 17.0 Å². The van der Waals surface area contributed by atoms with Crippen molar-refractivity contribution in [3.63, 3.8) is 0 Å². The summed E-state index contributed by atoms with van der Waals surface area (Å²) in [5, 5.41) is 4.49. The van der Waals surface area contributed by atoms with Crippen LogP contribution in [0.25, 0.3) is 0 Å². The molecule has 0 aromatic carbocycles. The Morgan fingerprint density at radius 1 is 1.00 bits per heavy atom. The first kappa shape index (κ1) is 16.9. The highest BCUT2D eigenvalue weighted by Crippen LogP contribution is 2.15. The second-order valence-electron chi connectivity index (χ2n) is 5.80. The summed E-state index contributed by atoms with van der Waals surface area (Å²) in [5.41, 5.74) is 2.71. The van der Waals surface area contributed by atoms with Gasteiger partial charge in [-0.1, -0.05) is 51.9 Å². The number of hydrogen-bond donors (Lipinski definition) is 0. The molecule has 20 heavy (non-hydrogen) atoms. The van der Waals surface area contributed by atoms with Gasteiger partial charge in [0, 0.05) is 12.2 Å². The fourth-order valence-electron chi connectivity index (χ4n) is 2.82. The molecule has 0 saturated carbocycles. The molecule has 1 aromatic rings. The average Bonchev–Trinajstić information content (AvgIpc) is 2.67. The number of hydrogen-bond acceptors (Lipinski definition) is 2. The first-order valence-electron chi connectivity index (χ1n) is 8.12. The molecule has 0 unspecified atom stereocenters. The molecule has 1 heterocycles. The molecular formula is C17H30N2O. The van der Waals surface area contributed by atoms with Gasteiger partial charge in [0.25, 0.3) is 0 Å². The Kier molecular flexibility index (Phi) is 7.56. The van der Waals surface area contributed by atoms with Gasteiger partial charge in [-0.25, -0.2) is 0 Å². The number of aryl methyl sites for hydroxylation is 2. The Morgan fingerprint density at radius 3 is 2.05 bits per heavy atom. The van der Waals surface area contributed by atoms with Gasteiger partial charge in [0.05, 0.1) is 11.3 Å². The number of carbonyl (C=O) groups excluding carboxylic acids is 1. The fourth-order valence-corrected chi connectivity index (χ4v) is 2.82. The van der Waals surface area contributed by atoms with Crippen molar-refractivity contribution in [3.8, 4) is 0 Å². The second kappa shape index (κ2) is 8.93. The summed E-state index contributed by atoms with van der Waals surface area (Å²) in [6, 6.07) is 0. The van der Waals surface area contributed by atoms with Crippen LogP contribution in [0.15, 0.2) is 0 Å². The average molecular weight is 278 g/mol. The predicted molar refractivity (Wildman–Crippen MR) is 84.3 cm³/mol. The lowest BCUT2D eigenvalue weighted by Crippen LogP contribution is -2.04. The van der Waals surface area contributed by atoms with E-state index >= 15 is 0 Å². The molecule has 1 aromatic heterocycles. The van der Waals surface area contributed by atoms with Gasteiger partial charge in [0.15, 0.2) is 5.78 Å². The van der Waals surface area contributed by atoms with Gasteiger partial charge in [0.2, 0.25) is 0 Å². The van der Waals surface area contributed by atoms with E-state index in [9.17, 15) is 4.79 Å². The van der Waals surface area contributed by atoms with Crippen molar-refractivity contribution in [2.24, 2.45) is 0 Å². The second-order valence-corrected chi connectivity index (χ2v) is 5.80. The molecular weight excluding hydrogens is 248 g/mol. The van der Waals surface area contributed by atoms with Crippen LogP contribution in [0.5, 0.6) is 0 Å². The minimum Gasteiger partial charge on any atom is -0.294 e. The third-order valence-corrected chi connectivity index (χ3v) is 3.96. The zero-order chi connectivity index (χ0) is 15.0. The Labute approximate surface area is 123 Å². The van der Waals surface area contributed by atoms with Crippen molar-refractivity contribution in [1.82, 2.24) is 9.78 Å². The number of rotatable bonds is 10. The normalized spacial score (nSPS) is 11.0. The van der Waals surface area contributed by atoms with Crippen molar-refractivity contribution in [2.45, 2.75) is 85.6 Å². The molecule has 3 heteroatoms. The molecule has 114 valence electrons. The Bertz CT molecular complexity index is 421. The highest BCUT2D eigenvalue weighted by molar-refractivity contribution is 5.96. The predicted octanol–water partition coefficient (Wildman–Crippen LogP) is 4.84. The zero-order valence-corrected chi connectivity index (χ0v) is 13.7. The van der Waals surface area contributed by atoms with Crippen LogP contribution in [0.4, 0.5) is 0 Å². The van der Waals surface area contributed by atoms with E-state index in [0.717, 1.165) is 29.9 Å². The molecule has 0 bridgehead atoms. The highest BCUT2D eigenvalue weighted by atomic mass is 16.1. The van der Waals surface area contributed by atoms with Gasteiger partial charge in [-0.15, -0.1) is 0 Å². The molecule has 0 amide bonds. The third-order valence-electron chi connectivity index (χ3n) is 3.96. The van der Waals surface area contributed by atoms with E-state index in [4.69, 9.17) is 0 Å². The summed E-state index contributed by atoms with van der Waals surface area (Å²) < 4.78 is 2.00. The molecule has 0 atom stereocenters. The van der Waals surface area contributed by atoms with Crippen LogP contribution < -0.4 is 0 Å². The Balaban J connectivity index is 2.26. The highest BCUT2D eigenvalue weighted by Gasteiger charge is 2.14. The molecule has 0 aliphatic carbocycles. The van der Waals surface area contributed by atoms with E-state index in [1.165, 1.54) is 44.9 Å². The first-order chi connectivity index (χ1) is 9.57. The maximum absolute atomic E-state index is 11.5. The van der Waals surface area contributed by atoms with Gasteiger partial charge in [-0.3, -0.25) is 9.48 Å². The van der Waals surface area contributed by atoms with Crippen LogP contribution in [0.2, 0.25) is 0 Å². The fraction of sp³-hybridized carbons (Fsp3) is 0.765. The van der Waals surface area contributed by atoms with Gasteiger partial charge >= 0.3 is 0 Å². The van der Waals surface area contributed by atoms with Crippen molar-refractivity contribution in [1.29, 1.82) is 0 Å². The molecule has 0 aliphatic heterocycles. The minimum absolute atomic E-state index is 0.127. The quantitative estimate of drug-likeness (QED) is 0.453. The molecule has 0 aliphatic rings. The Hall–Kier alpha value is -1.12. The number of nitrogens with zero attached hydrogens (tertiary/aromatic N) is 2. The summed E-state index contributed by atoms with van der Waals surface area (Å²) in [5.74, 6) is 0.127. The van der Waals surface area contributed by atoms with Crippen LogP contribution in [0.1, 0.15) is 87.0 Å². The SMILES string of the molecule is CCCCCCCCCCn1nc(C)c(C(C)=O)c1C. The van der Waals surface area contributed by atoms with Gasteiger partial charge in [-0.2, -0.15) is 5.10 Å². The lowest BCUT2D eigenvalue weighted by atomic mass is 10.1. The summed E-state index contributed by atoms with van der Waals surface area (Å²) >= 11 is 0. The summed E-state index contributed by atoms with van der Waals surface area (Å²) in [4.78, 5) is 11.5. The minimum atomic E-state index is 0.127. The van der Waals surface area contributed by atoms with Crippen LogP contribution in [-0.2, 0) is 6.54 Å². The van der Waals surface area contributed by atoms with Gasteiger partial charge < -0.3 is 0 Å². The van der Waals surface area contributed by atoms with Crippen LogP contribution in [0.3, 0.4) is 0 Å². The number of ketones is 1. The summed E-state index contributed by atoms with van der Waals surface area (Å²) in [7, 11) is 0. The number of aromatic nitrogens is 2. The lowest BCUT2D eigenvalue weighted by Gasteiger charge is -2.05. The third kappa shape index (κ3) is 5.10. The van der Waals surface area contributed by atoms with E-state index in [-0.39, 0.29) is 5.78 Å². The van der Waals surface area contributed by atoms with E-state index in [1.54, 1.807) is 6.92 Å². The van der Waals surface area contributed by atoms with Crippen molar-refractivity contribution in [2.75, 3.05) is 0 Å². The van der Waals surface area contributed by atoms with Crippen molar-refractivity contribution >= 4 is 5.78 Å². The topological polar surface area (TPSA) is 34.9 Å². The smallest absolute Gasteiger partial charge is 0.163 e. The largest absolute Gasteiger partial charge is 0.294 e. The number of Topliss-reactive ketones (excluding diaryl/α,β-unsaturated/α-hetero) is 1. The van der Waals surface area contributed by atoms with Crippen LogP contribution in [0, 0.1) is 13.8 Å². The zero-order valence-electron chi connectivity index (χ0n) is 13.7. The molecule has 1 rings (SSSR count). The van der Waals surface area contributed by atoms with Crippen LogP contribution >= 0.6 is 0 Å². The van der Waals surface area contributed by atoms with E-state index in [2.05, 4.69) is 12.0 Å². The summed E-state index contributed by atoms with van der Waals surface area (Å²) in [6.45, 7) is 8.74. The molecule has 0 spiro atoms. The van der Waals surface area contributed by atoms with E-state index in [0.29, 0.717) is 0 Å². The van der Waals surface area contributed by atoms with Gasteiger partial charge in [0.1, 0.15) is 0 Å². The Morgan fingerprint density at radius 2 is 1.55 bits per heavy atom. The first-order valence-corrected chi connectivity index (χ1v) is 8.12. The maximum Gasteiger partial charge on any atom is 0.163 e. The van der Waals surface area contributed by atoms with Crippen molar-refractivity contribution < 1.29 is 4.79 Å². The molecule has 0 saturated heterocycles. The number of carbonyl (C=O) groups is 1. The summed E-state index contributed by atoms with van der Waals surface area (Å²) in [6.07, 6.45) is 10.6. The molecule has 0 fully saturated rings. The molecule has 0 radical (unpaired) electrons. The van der Waals surface area contributed by atoms with Crippen LogP contribution in [-0.4, -0.2) is 15.6 Å². The lowest BCUT2D eigenvalue weighted by molar-refractivity contribution is 0.101. The van der Waals surface area contributed by atoms with E-state index in [1.807, 2.05) is 18.5 Å². The molecule has 3 nitrogen and oxygen atoms in total. The number of unbranched alkanes of at least 4 members (excludes halogenated alkanes) is 7. The van der Waals surface area contributed by atoms with E-state index < -0.39 is 0 Å². The van der Waals surface area contributed by atoms with Gasteiger partial charge in [-0.05, 0) is 27.2 Å². The monoisotopic (exact) mass is 278 g/mol. The maximum atomic E-state index is 11.5. The standard InChI is InChI=1S/C17H30N2O/c1-5-6-7-8-9-10-11-12-13-19-15(3)17(16(4)20)14(2)18-19/h5-13H2,1-4H3.